The average Bonchev–Trinajstić information content (AvgIpc) is 3.05. The van der Waals surface area contributed by atoms with Crippen molar-refractivity contribution < 1.29 is 14.4 Å². The number of carbonyl (C=O) groups excluding carboxylic acids is 3. The van der Waals surface area contributed by atoms with Crippen LogP contribution >= 0.6 is 27.5 Å². The molecule has 1 aliphatic carbocycles. The van der Waals surface area contributed by atoms with Gasteiger partial charge in [-0.15, -0.1) is 0 Å². The summed E-state index contributed by atoms with van der Waals surface area (Å²) in [5.41, 5.74) is 4.09. The molecule has 34 heavy (non-hydrogen) atoms. The fourth-order valence-electron chi connectivity index (χ4n) is 4.50. The van der Waals surface area contributed by atoms with E-state index in [4.69, 9.17) is 11.6 Å². The molecular weight excluding hydrogens is 518 g/mol. The van der Waals surface area contributed by atoms with Crippen LogP contribution in [0.4, 0.5) is 0 Å². The smallest absolute Gasteiger partial charge is 0.221 e. The Morgan fingerprint density at radius 1 is 1.12 bits per heavy atom. The van der Waals surface area contributed by atoms with E-state index in [9.17, 15) is 14.4 Å². The van der Waals surface area contributed by atoms with E-state index >= 15 is 0 Å². The van der Waals surface area contributed by atoms with Gasteiger partial charge in [0.1, 0.15) is 11.7 Å². The van der Waals surface area contributed by atoms with Crippen LogP contribution in [-0.4, -0.2) is 27.4 Å². The predicted octanol–water partition coefficient (Wildman–Crippen LogP) is 5.12. The Kier molecular flexibility index (Phi) is 7.24. The SMILES string of the molecule is Cc1cc(-c2ncc(Cl)cn2)cc(C)c1C1C(=O)CC(CC(=O)NCc2cccc(Br)c2)C1=O. The maximum atomic E-state index is 13.2. The maximum absolute atomic E-state index is 13.2. The molecule has 2 atom stereocenters. The number of halogens is 2. The van der Waals surface area contributed by atoms with Gasteiger partial charge in [-0.3, -0.25) is 14.4 Å². The molecule has 2 aromatic carbocycles. The van der Waals surface area contributed by atoms with E-state index in [1.54, 1.807) is 0 Å². The van der Waals surface area contributed by atoms with Crippen LogP contribution in [0.5, 0.6) is 0 Å². The van der Waals surface area contributed by atoms with E-state index in [-0.39, 0.29) is 30.3 Å². The van der Waals surface area contributed by atoms with Gasteiger partial charge in [-0.25, -0.2) is 9.97 Å². The Labute approximate surface area is 211 Å². The molecule has 174 valence electrons. The third-order valence-corrected chi connectivity index (χ3v) is 6.72. The summed E-state index contributed by atoms with van der Waals surface area (Å²) >= 11 is 9.29. The van der Waals surface area contributed by atoms with Gasteiger partial charge in [-0.1, -0.05) is 39.7 Å². The molecule has 1 aromatic heterocycles. The minimum absolute atomic E-state index is 0.00384. The lowest BCUT2D eigenvalue weighted by atomic mass is 9.86. The third kappa shape index (κ3) is 5.26. The quantitative estimate of drug-likeness (QED) is 0.438. The van der Waals surface area contributed by atoms with Crippen LogP contribution in [0.2, 0.25) is 5.02 Å². The van der Waals surface area contributed by atoms with Crippen molar-refractivity contribution in [2.24, 2.45) is 5.92 Å². The zero-order valence-electron chi connectivity index (χ0n) is 18.8. The Morgan fingerprint density at radius 2 is 1.79 bits per heavy atom. The van der Waals surface area contributed by atoms with Crippen molar-refractivity contribution in [2.45, 2.75) is 39.2 Å². The fraction of sp³-hybridized carbons (Fsp3) is 0.269. The normalized spacial score (nSPS) is 17.8. The lowest BCUT2D eigenvalue weighted by Crippen LogP contribution is -2.27. The molecule has 1 fully saturated rings. The Hall–Kier alpha value is -2.90. The van der Waals surface area contributed by atoms with E-state index in [1.807, 2.05) is 50.2 Å². The van der Waals surface area contributed by atoms with Gasteiger partial charge in [-0.2, -0.15) is 0 Å². The zero-order valence-corrected chi connectivity index (χ0v) is 21.1. The number of aromatic nitrogens is 2. The second-order valence-corrected chi connectivity index (χ2v) is 9.91. The summed E-state index contributed by atoms with van der Waals surface area (Å²) in [7, 11) is 0. The van der Waals surface area contributed by atoms with Gasteiger partial charge in [0.2, 0.25) is 5.91 Å². The lowest BCUT2D eigenvalue weighted by molar-refractivity contribution is -0.128. The van der Waals surface area contributed by atoms with E-state index in [0.717, 1.165) is 26.7 Å². The van der Waals surface area contributed by atoms with E-state index in [0.29, 0.717) is 23.0 Å². The van der Waals surface area contributed by atoms with Crippen LogP contribution in [0.15, 0.2) is 53.3 Å². The third-order valence-electron chi connectivity index (χ3n) is 6.03. The molecule has 1 saturated carbocycles. The van der Waals surface area contributed by atoms with E-state index in [1.165, 1.54) is 12.4 Å². The van der Waals surface area contributed by atoms with E-state index in [2.05, 4.69) is 31.2 Å². The van der Waals surface area contributed by atoms with Crippen molar-refractivity contribution in [3.8, 4) is 11.4 Å². The number of benzene rings is 2. The van der Waals surface area contributed by atoms with Crippen LogP contribution < -0.4 is 5.32 Å². The van der Waals surface area contributed by atoms with Crippen molar-refractivity contribution in [3.05, 3.63) is 80.5 Å². The van der Waals surface area contributed by atoms with Gasteiger partial charge in [0.05, 0.1) is 5.02 Å². The predicted molar refractivity (Wildman–Crippen MR) is 133 cm³/mol. The maximum Gasteiger partial charge on any atom is 0.221 e. The number of nitrogens with one attached hydrogen (secondary N) is 1. The lowest BCUT2D eigenvalue weighted by Gasteiger charge is -2.17. The number of ketones is 2. The first-order chi connectivity index (χ1) is 16.2. The van der Waals surface area contributed by atoms with Gasteiger partial charge in [-0.05, 0) is 60.4 Å². The Balaban J connectivity index is 1.48. The number of nitrogens with zero attached hydrogens (tertiary/aromatic N) is 2. The number of carbonyl (C=O) groups is 3. The van der Waals surface area contributed by atoms with Crippen LogP contribution in [0.25, 0.3) is 11.4 Å². The van der Waals surface area contributed by atoms with Crippen LogP contribution in [0.3, 0.4) is 0 Å². The topological polar surface area (TPSA) is 89.0 Å². The summed E-state index contributed by atoms with van der Waals surface area (Å²) < 4.78 is 0.929. The molecule has 4 rings (SSSR count). The van der Waals surface area contributed by atoms with Gasteiger partial charge in [0.15, 0.2) is 11.6 Å². The van der Waals surface area contributed by atoms with Crippen molar-refractivity contribution in [1.82, 2.24) is 15.3 Å². The van der Waals surface area contributed by atoms with Crippen LogP contribution in [-0.2, 0) is 20.9 Å². The number of rotatable bonds is 6. The van der Waals surface area contributed by atoms with Crippen LogP contribution in [0, 0.1) is 19.8 Å². The molecule has 8 heteroatoms. The summed E-state index contributed by atoms with van der Waals surface area (Å²) in [6, 6.07) is 11.4. The number of amides is 1. The molecule has 0 aliphatic heterocycles. The first kappa shape index (κ1) is 24.2. The minimum atomic E-state index is -0.844. The summed E-state index contributed by atoms with van der Waals surface area (Å²) in [4.78, 5) is 47.1. The Bertz CT molecular complexity index is 1250. The largest absolute Gasteiger partial charge is 0.352 e. The molecule has 0 radical (unpaired) electrons. The second kappa shape index (κ2) is 10.2. The van der Waals surface area contributed by atoms with Gasteiger partial charge < -0.3 is 5.32 Å². The number of Topliss-reactive ketones (excluding diaryl/α,β-unsaturated/α-hetero) is 2. The molecule has 6 nitrogen and oxygen atoms in total. The second-order valence-electron chi connectivity index (χ2n) is 8.56. The van der Waals surface area contributed by atoms with Crippen LogP contribution in [0.1, 0.15) is 41.0 Å². The van der Waals surface area contributed by atoms with Gasteiger partial charge >= 0.3 is 0 Å². The monoisotopic (exact) mass is 539 g/mol. The summed E-state index contributed by atoms with van der Waals surface area (Å²) in [6.45, 7) is 4.11. The molecule has 1 heterocycles. The number of hydrogen-bond donors (Lipinski definition) is 1. The Morgan fingerprint density at radius 3 is 2.44 bits per heavy atom. The van der Waals surface area contributed by atoms with Gasteiger partial charge in [0.25, 0.3) is 0 Å². The standard InChI is InChI=1S/C26H23BrClN3O3/c1-14-6-18(26-30-12-20(28)13-31-26)7-15(2)23(14)24-21(32)9-17(25(24)34)10-22(33)29-11-16-4-3-5-19(27)8-16/h3-8,12-13,17,24H,9-11H2,1-2H3,(H,29,33). The van der Waals surface area contributed by atoms with Crippen molar-refractivity contribution >= 4 is 45.0 Å². The molecule has 1 aliphatic rings. The molecule has 3 aromatic rings. The van der Waals surface area contributed by atoms with Crippen molar-refractivity contribution in [3.63, 3.8) is 0 Å². The van der Waals surface area contributed by atoms with Crippen molar-refractivity contribution in [2.75, 3.05) is 0 Å². The zero-order chi connectivity index (χ0) is 24.4. The molecule has 0 saturated heterocycles. The summed E-state index contributed by atoms with van der Waals surface area (Å²) in [6.07, 6.45) is 3.14. The highest BCUT2D eigenvalue weighted by Gasteiger charge is 2.43. The summed E-state index contributed by atoms with van der Waals surface area (Å²) in [5, 5.41) is 3.30. The summed E-state index contributed by atoms with van der Waals surface area (Å²) in [5.74, 6) is -1.51. The highest BCUT2D eigenvalue weighted by Crippen LogP contribution is 2.38. The van der Waals surface area contributed by atoms with E-state index < -0.39 is 11.8 Å². The molecular formula is C26H23BrClN3O3. The highest BCUT2D eigenvalue weighted by molar-refractivity contribution is 9.10. The number of hydrogen-bond acceptors (Lipinski definition) is 5. The first-order valence-corrected chi connectivity index (χ1v) is 12.1. The van der Waals surface area contributed by atoms with Gasteiger partial charge in [0, 0.05) is 47.7 Å². The molecule has 0 spiro atoms. The first-order valence-electron chi connectivity index (χ1n) is 10.9. The fourth-order valence-corrected chi connectivity index (χ4v) is 5.04. The molecule has 2 unspecified atom stereocenters. The minimum Gasteiger partial charge on any atom is -0.352 e. The molecule has 1 amide bonds. The number of aryl methyl sites for hydroxylation is 2. The highest BCUT2D eigenvalue weighted by atomic mass is 79.9. The molecule has 0 bridgehead atoms. The average molecular weight is 541 g/mol. The molecule has 1 N–H and O–H groups in total. The van der Waals surface area contributed by atoms with Crippen molar-refractivity contribution in [1.29, 1.82) is 0 Å².